The van der Waals surface area contributed by atoms with Crippen LogP contribution in [0.3, 0.4) is 0 Å². The fraction of sp³-hybridized carbons (Fsp3) is 0.891. The van der Waals surface area contributed by atoms with Crippen molar-refractivity contribution in [2.24, 2.45) is 17.2 Å². The molecule has 700 valence electrons. The van der Waals surface area contributed by atoms with Gasteiger partial charge in [-0.3, -0.25) is 9.59 Å². The maximum Gasteiger partial charge on any atom is 0.335 e. The molecule has 0 radical (unpaired) electrons. The van der Waals surface area contributed by atoms with Crippen molar-refractivity contribution in [2.75, 3.05) is 33.0 Å². The molecule has 0 aromatic heterocycles. The first-order chi connectivity index (χ1) is 57.4. The van der Waals surface area contributed by atoms with Crippen LogP contribution in [0, 0.1) is 0 Å². The predicted molar refractivity (Wildman–Crippen MR) is 362 cm³/mol. The fourth-order valence-corrected chi connectivity index (χ4v) is 15.3. The third-order valence-corrected chi connectivity index (χ3v) is 21.8. The average Bonchev–Trinajstić information content (AvgIpc) is 0.764. The second kappa shape index (κ2) is 41.3. The molecule has 0 saturated carbocycles. The van der Waals surface area contributed by atoms with E-state index >= 15 is 0 Å². The number of ether oxygens (including phenoxy) is 19. The largest absolute Gasteiger partial charge is 0.479 e. The standard InChI is InChI=1S/C64H101N5O53/c1-8(75)68-18-24(81)38(13(6-73)107-59(18)117-40-26(83)31(88)55(103)109-45(40)50(93)94)112-63-33(90)28(85)42(47(120-63)52(97)98)116-58-17(67)23(80)37(12(5-72)106-58)111-62-35(92)30(87)44(49(122-62)54(101)102)118-60-19(69-9(2)76)25(82)39(14(7-74)108-60)113-64-34(91)29(86)43(48(121-64)53(99)100)115-57-16(66)22(79)36(11(4-71)105-57)110-61-32(89)27(84)41(46(119-61)51(95)96)114-56-15(65)21(78)20(77)10(3-70)104-56/h10-49,55-64,70-74,77-92,103H,3-7,65-67H2,1-2H3,(H,68,75)(H,69,76)(H,93,94)(H,95,96)(H,97,98)(H,99,100)(H,101,102)/t10-,11-,12-,13-,14-,15-,16-,17-,18-,19-,20-,21-,22-,23-,24-,25-,26-,27-,28-,29-,30-,31-,32-,33-,34-,35-,36-,37-,38-,39-,40+,41+,42+,43+,44+,45+,46-,47-,48+,49+,55?,56-,57-,58-,59-,60-,61-,62-,63-,64-/m1/s1. The molecule has 0 spiro atoms. The van der Waals surface area contributed by atoms with Crippen LogP contribution in [0.15, 0.2) is 0 Å². The minimum Gasteiger partial charge on any atom is -0.479 e. The number of aliphatic hydroxyl groups excluding tert-OH is 22. The molecule has 0 aromatic carbocycles. The number of aliphatic carboxylic acids is 5. The molecule has 0 bridgehead atoms. The Hall–Kier alpha value is -5.47. The Morgan fingerprint density at radius 3 is 0.713 bits per heavy atom. The Balaban J connectivity index is 0.758. The molecule has 58 heteroatoms. The number of rotatable bonds is 30. The summed E-state index contributed by atoms with van der Waals surface area (Å²) in [4.78, 5) is 88.7. The Bertz CT molecular complexity index is 3500. The van der Waals surface area contributed by atoms with Gasteiger partial charge in [-0.15, -0.1) is 0 Å². The lowest BCUT2D eigenvalue weighted by atomic mass is 9.93. The molecule has 2 amide bonds. The topological polar surface area (TPSA) is 943 Å². The molecule has 10 aliphatic heterocycles. The normalized spacial score (nSPS) is 49.6. The van der Waals surface area contributed by atoms with Gasteiger partial charge in [0.1, 0.15) is 195 Å². The molecule has 10 rings (SSSR count). The minimum atomic E-state index is -2.58. The van der Waals surface area contributed by atoms with Gasteiger partial charge < -0.3 is 256 Å². The van der Waals surface area contributed by atoms with Gasteiger partial charge in [0, 0.05) is 13.8 Å². The number of carbonyl (C=O) groups is 7. The quantitative estimate of drug-likeness (QED) is 0.0318. The predicted octanol–water partition coefficient (Wildman–Crippen LogP) is -22.2. The maximum atomic E-state index is 13.1. The SMILES string of the molecule is CC(=O)N[C@H]1[C@@H](O[C@H]2[C@H](O)[C@@H](O)[C@H](O[C@H]3[C@H](O)[C@@H](N)[C@@H](O[C@H]4[C@H](O)[C@@H](O)[C@H](O[C@H]5[C@H](O)[C@@H](NC(C)=O)[C@@H](O[C@H]6[C@H](O)[C@@H](O)C(O)O[C@@H]6C(=O)O)O[C@@H]5CO)O[C@H]4C(=O)O)O[C@@H]3CO)O[C@@H]2C(=O)O)O[C@H](CO)[C@@H](O[C@@H]2O[C@H](C(=O)O)[C@@H](O[C@H]3O[C@H](CO)[C@@H](O[C@@H]4O[C@@H](C(=O)O)[C@@H](O[C@H]5O[C@H](CO)[C@@H](O)[C@H](O)[C@H]5N)[C@H](O)[C@H]4O)[C@H](O)[C@H]3N)[C@H](O)[C@H]2O)[C@@H]1O. The average molecular weight is 1790 g/mol. The summed E-state index contributed by atoms with van der Waals surface area (Å²) in [5, 5.41) is 297. The number of aliphatic hydroxyl groups is 22. The molecule has 10 heterocycles. The number of nitrogens with one attached hydrogen (secondary N) is 2. The summed E-state index contributed by atoms with van der Waals surface area (Å²) in [6, 6.07) is -9.69. The molecule has 10 fully saturated rings. The highest BCUT2D eigenvalue weighted by atomic mass is 16.8. The third-order valence-electron chi connectivity index (χ3n) is 21.8. The van der Waals surface area contributed by atoms with Crippen molar-refractivity contribution in [1.29, 1.82) is 0 Å². The third kappa shape index (κ3) is 20.5. The number of amides is 2. The molecule has 35 N–H and O–H groups in total. The number of hydrogen-bond donors (Lipinski definition) is 32. The minimum absolute atomic E-state index is 0.848. The summed E-state index contributed by atoms with van der Waals surface area (Å²) >= 11 is 0. The Kier molecular flexibility index (Phi) is 33.4. The molecule has 122 heavy (non-hydrogen) atoms. The molecule has 58 nitrogen and oxygen atoms in total. The van der Waals surface area contributed by atoms with Gasteiger partial charge >= 0.3 is 29.8 Å². The fourth-order valence-electron chi connectivity index (χ4n) is 15.3. The zero-order chi connectivity index (χ0) is 90.3. The molecule has 10 aliphatic rings. The van der Waals surface area contributed by atoms with Crippen LogP contribution >= 0.6 is 0 Å². The van der Waals surface area contributed by atoms with Crippen molar-refractivity contribution in [2.45, 2.75) is 321 Å². The van der Waals surface area contributed by atoms with E-state index in [9.17, 15) is 171 Å². The van der Waals surface area contributed by atoms with Crippen molar-refractivity contribution < 1.29 is 261 Å². The Morgan fingerprint density at radius 1 is 0.246 bits per heavy atom. The molecule has 0 aliphatic carbocycles. The van der Waals surface area contributed by atoms with Crippen molar-refractivity contribution in [3.05, 3.63) is 0 Å². The van der Waals surface area contributed by atoms with E-state index in [0.29, 0.717) is 0 Å². The lowest BCUT2D eigenvalue weighted by molar-refractivity contribution is -0.383. The summed E-state index contributed by atoms with van der Waals surface area (Å²) in [7, 11) is 0. The van der Waals surface area contributed by atoms with Crippen LogP contribution in [-0.2, 0) is 124 Å². The first-order valence-electron chi connectivity index (χ1n) is 37.4. The number of carboxylic acid groups (broad SMARTS) is 5. The van der Waals surface area contributed by atoms with E-state index < -0.39 is 381 Å². The van der Waals surface area contributed by atoms with Crippen molar-refractivity contribution in [1.82, 2.24) is 10.6 Å². The molecule has 50 atom stereocenters. The van der Waals surface area contributed by atoms with Crippen LogP contribution in [0.5, 0.6) is 0 Å². The second-order valence-corrected chi connectivity index (χ2v) is 29.9. The molecular formula is C64H101N5O53. The van der Waals surface area contributed by atoms with E-state index in [2.05, 4.69) is 10.6 Å². The van der Waals surface area contributed by atoms with Crippen molar-refractivity contribution >= 4 is 41.7 Å². The first-order valence-corrected chi connectivity index (χ1v) is 37.4. The molecule has 10 saturated heterocycles. The van der Waals surface area contributed by atoms with Gasteiger partial charge in [-0.25, -0.2) is 24.0 Å². The smallest absolute Gasteiger partial charge is 0.335 e. The van der Waals surface area contributed by atoms with Crippen LogP contribution in [0.1, 0.15) is 13.8 Å². The molecule has 0 aromatic rings. The van der Waals surface area contributed by atoms with Gasteiger partial charge in [0.15, 0.2) is 93.4 Å². The number of carboxylic acids is 5. The van der Waals surface area contributed by atoms with E-state index in [1.165, 1.54) is 0 Å². The highest BCUT2D eigenvalue weighted by Crippen LogP contribution is 2.41. The zero-order valence-electron chi connectivity index (χ0n) is 63.3. The number of carbonyl (C=O) groups excluding carboxylic acids is 2. The van der Waals surface area contributed by atoms with E-state index in [0.717, 1.165) is 13.8 Å². The number of nitrogens with two attached hydrogens (primary N) is 3. The van der Waals surface area contributed by atoms with Gasteiger partial charge in [-0.2, -0.15) is 0 Å². The van der Waals surface area contributed by atoms with Gasteiger partial charge in [0.05, 0.1) is 51.2 Å². The highest BCUT2D eigenvalue weighted by molar-refractivity contribution is 5.76. The lowest BCUT2D eigenvalue weighted by Gasteiger charge is -2.50. The van der Waals surface area contributed by atoms with Gasteiger partial charge in [0.25, 0.3) is 0 Å². The van der Waals surface area contributed by atoms with Crippen LogP contribution in [-0.4, -0.2) is 519 Å². The summed E-state index contributed by atoms with van der Waals surface area (Å²) < 4.78 is 106. The Morgan fingerprint density at radius 2 is 0.459 bits per heavy atom. The van der Waals surface area contributed by atoms with Crippen molar-refractivity contribution in [3.63, 3.8) is 0 Å². The summed E-state index contributed by atoms with van der Waals surface area (Å²) in [5.41, 5.74) is 18.4. The van der Waals surface area contributed by atoms with Gasteiger partial charge in [0.2, 0.25) is 11.8 Å². The summed E-state index contributed by atoms with van der Waals surface area (Å²) in [5.74, 6) is -11.9. The van der Waals surface area contributed by atoms with Gasteiger partial charge in [-0.1, -0.05) is 0 Å². The van der Waals surface area contributed by atoms with E-state index in [1.807, 2.05) is 0 Å². The summed E-state index contributed by atoms with van der Waals surface area (Å²) in [6.45, 7) is -4.08. The number of hydrogen-bond acceptors (Lipinski definition) is 51. The van der Waals surface area contributed by atoms with Gasteiger partial charge in [-0.05, 0) is 0 Å². The second-order valence-electron chi connectivity index (χ2n) is 29.9. The maximum absolute atomic E-state index is 13.1. The van der Waals surface area contributed by atoms with Crippen molar-refractivity contribution in [3.8, 4) is 0 Å². The van der Waals surface area contributed by atoms with Crippen LogP contribution < -0.4 is 27.8 Å². The monoisotopic (exact) mass is 1790 g/mol. The highest BCUT2D eigenvalue weighted by Gasteiger charge is 2.63. The Labute approximate surface area is 683 Å². The van der Waals surface area contributed by atoms with E-state index in [-0.39, 0.29) is 0 Å². The zero-order valence-corrected chi connectivity index (χ0v) is 63.3. The first kappa shape index (κ1) is 98.7. The van der Waals surface area contributed by atoms with Crippen LogP contribution in [0.25, 0.3) is 0 Å². The molecular weight excluding hydrogens is 1690 g/mol. The molecule has 1 unspecified atom stereocenters. The van der Waals surface area contributed by atoms with E-state index in [4.69, 9.17) is 107 Å². The summed E-state index contributed by atoms with van der Waals surface area (Å²) in [6.07, 6.45) is -101. The lowest BCUT2D eigenvalue weighted by Crippen LogP contribution is -2.71. The van der Waals surface area contributed by atoms with Crippen LogP contribution in [0.4, 0.5) is 0 Å². The van der Waals surface area contributed by atoms with Crippen LogP contribution in [0.2, 0.25) is 0 Å². The van der Waals surface area contributed by atoms with E-state index in [1.54, 1.807) is 0 Å².